The summed E-state index contributed by atoms with van der Waals surface area (Å²) in [5, 5.41) is 3.09. The zero-order valence-electron chi connectivity index (χ0n) is 17.1. The Morgan fingerprint density at radius 3 is 2.50 bits per heavy atom. The molecule has 1 aromatic heterocycles. The molecule has 0 fully saturated rings. The number of primary amides is 1. The molecular formula is C21H19F2N3O5S. The standard InChI is InChI=1S/C21H19F2N3O5S/c1-11-18(12-3-6-14(7-4-12)31-20(22)23)25-21(32-11)26-19(28)13-5-8-15(16(9-13)29-2)30-10-17(24)27/h3-9,20H,10H2,1-2H3,(H2,24,27)(H,25,26,28). The van der Waals surface area contributed by atoms with Crippen molar-refractivity contribution in [3.05, 3.63) is 52.9 Å². The molecule has 0 atom stereocenters. The summed E-state index contributed by atoms with van der Waals surface area (Å²) >= 11 is 1.27. The van der Waals surface area contributed by atoms with Crippen LogP contribution in [0.15, 0.2) is 42.5 Å². The number of nitrogens with one attached hydrogen (secondary N) is 1. The highest BCUT2D eigenvalue weighted by molar-refractivity contribution is 7.16. The Balaban J connectivity index is 1.74. The van der Waals surface area contributed by atoms with Crippen LogP contribution in [0.4, 0.5) is 13.9 Å². The molecule has 8 nitrogen and oxygen atoms in total. The van der Waals surface area contributed by atoms with Gasteiger partial charge in [-0.05, 0) is 49.4 Å². The fraction of sp³-hybridized carbons (Fsp3) is 0.190. The van der Waals surface area contributed by atoms with Gasteiger partial charge in [0.25, 0.3) is 11.8 Å². The maximum atomic E-state index is 12.7. The van der Waals surface area contributed by atoms with Crippen molar-refractivity contribution in [3.63, 3.8) is 0 Å². The average Bonchev–Trinajstić information content (AvgIpc) is 3.12. The molecule has 32 heavy (non-hydrogen) atoms. The van der Waals surface area contributed by atoms with Gasteiger partial charge >= 0.3 is 6.61 Å². The van der Waals surface area contributed by atoms with Gasteiger partial charge in [0.1, 0.15) is 5.75 Å². The van der Waals surface area contributed by atoms with E-state index in [-0.39, 0.29) is 29.4 Å². The van der Waals surface area contributed by atoms with Crippen LogP contribution in [0.25, 0.3) is 11.3 Å². The number of hydrogen-bond donors (Lipinski definition) is 2. The lowest BCUT2D eigenvalue weighted by molar-refractivity contribution is -0.119. The molecule has 0 aliphatic heterocycles. The van der Waals surface area contributed by atoms with Crippen LogP contribution in [0.5, 0.6) is 17.2 Å². The molecule has 0 unspecified atom stereocenters. The van der Waals surface area contributed by atoms with Gasteiger partial charge in [-0.1, -0.05) is 0 Å². The van der Waals surface area contributed by atoms with Crippen LogP contribution < -0.4 is 25.3 Å². The maximum Gasteiger partial charge on any atom is 0.387 e. The number of rotatable bonds is 9. The number of nitrogens with zero attached hydrogens (tertiary/aromatic N) is 1. The summed E-state index contributed by atoms with van der Waals surface area (Å²) in [7, 11) is 1.40. The van der Waals surface area contributed by atoms with Gasteiger partial charge in [-0.15, -0.1) is 11.3 Å². The molecule has 0 spiro atoms. The molecule has 3 aromatic rings. The van der Waals surface area contributed by atoms with Gasteiger partial charge in [0.15, 0.2) is 23.2 Å². The van der Waals surface area contributed by atoms with E-state index in [0.29, 0.717) is 16.4 Å². The van der Waals surface area contributed by atoms with Crippen molar-refractivity contribution < 1.29 is 32.6 Å². The van der Waals surface area contributed by atoms with E-state index in [0.717, 1.165) is 4.88 Å². The Kier molecular flexibility index (Phi) is 7.21. The molecule has 168 valence electrons. The number of methoxy groups -OCH3 is 1. The number of carbonyl (C=O) groups excluding carboxylic acids is 2. The van der Waals surface area contributed by atoms with Crippen molar-refractivity contribution >= 4 is 28.3 Å². The molecule has 3 rings (SSSR count). The molecule has 0 aliphatic rings. The van der Waals surface area contributed by atoms with Crippen LogP contribution in [-0.4, -0.2) is 37.1 Å². The summed E-state index contributed by atoms with van der Waals surface area (Å²) in [6.07, 6.45) is 0. The molecule has 2 aromatic carbocycles. The fourth-order valence-corrected chi connectivity index (χ4v) is 3.59. The number of aryl methyl sites for hydroxylation is 1. The molecule has 3 N–H and O–H groups in total. The molecule has 0 aliphatic carbocycles. The van der Waals surface area contributed by atoms with Crippen LogP contribution in [-0.2, 0) is 4.79 Å². The monoisotopic (exact) mass is 463 g/mol. The fourth-order valence-electron chi connectivity index (χ4n) is 2.76. The highest BCUT2D eigenvalue weighted by Crippen LogP contribution is 2.32. The highest BCUT2D eigenvalue weighted by Gasteiger charge is 2.16. The predicted molar refractivity (Wildman–Crippen MR) is 115 cm³/mol. The number of nitrogens with two attached hydrogens (primary N) is 1. The lowest BCUT2D eigenvalue weighted by Gasteiger charge is -2.11. The summed E-state index contributed by atoms with van der Waals surface area (Å²) in [4.78, 5) is 28.8. The number of amides is 2. The van der Waals surface area contributed by atoms with E-state index < -0.39 is 18.4 Å². The number of benzene rings is 2. The lowest BCUT2D eigenvalue weighted by Crippen LogP contribution is -2.20. The number of anilines is 1. The Labute approximate surface area is 185 Å². The summed E-state index contributed by atoms with van der Waals surface area (Å²) in [6.45, 7) is -1.38. The zero-order chi connectivity index (χ0) is 23.3. The van der Waals surface area contributed by atoms with Crippen molar-refractivity contribution in [1.82, 2.24) is 4.98 Å². The Hall–Kier alpha value is -3.73. The Bertz CT molecular complexity index is 1120. The largest absolute Gasteiger partial charge is 0.493 e. The van der Waals surface area contributed by atoms with Gasteiger partial charge in [-0.3, -0.25) is 14.9 Å². The predicted octanol–water partition coefficient (Wildman–Crippen LogP) is 3.84. The first kappa shape index (κ1) is 22.9. The second-order valence-electron chi connectivity index (χ2n) is 6.40. The van der Waals surface area contributed by atoms with Crippen LogP contribution in [0.3, 0.4) is 0 Å². The topological polar surface area (TPSA) is 113 Å². The van der Waals surface area contributed by atoms with E-state index in [2.05, 4.69) is 15.0 Å². The molecule has 2 amide bonds. The third-order valence-corrected chi connectivity index (χ3v) is 5.05. The molecule has 1 heterocycles. The summed E-state index contributed by atoms with van der Waals surface area (Å²) in [5.74, 6) is -0.483. The van der Waals surface area contributed by atoms with Gasteiger partial charge in [-0.25, -0.2) is 4.98 Å². The van der Waals surface area contributed by atoms with E-state index in [1.54, 1.807) is 12.1 Å². The number of thiazole rings is 1. The van der Waals surface area contributed by atoms with E-state index >= 15 is 0 Å². The van der Waals surface area contributed by atoms with Crippen LogP contribution in [0, 0.1) is 6.92 Å². The number of halogens is 2. The lowest BCUT2D eigenvalue weighted by atomic mass is 10.1. The first-order valence-corrected chi connectivity index (χ1v) is 10.0. The van der Waals surface area contributed by atoms with Gasteiger partial charge in [0.05, 0.1) is 12.8 Å². The van der Waals surface area contributed by atoms with Crippen molar-refractivity contribution in [2.45, 2.75) is 13.5 Å². The quantitative estimate of drug-likeness (QED) is 0.499. The van der Waals surface area contributed by atoms with Crippen LogP contribution in [0.1, 0.15) is 15.2 Å². The first-order valence-electron chi connectivity index (χ1n) is 9.20. The van der Waals surface area contributed by atoms with Crippen molar-refractivity contribution in [2.24, 2.45) is 5.73 Å². The highest BCUT2D eigenvalue weighted by atomic mass is 32.1. The minimum absolute atomic E-state index is 0.0439. The Morgan fingerprint density at radius 2 is 1.88 bits per heavy atom. The number of carbonyl (C=O) groups is 2. The van der Waals surface area contributed by atoms with Gasteiger partial charge in [-0.2, -0.15) is 8.78 Å². The summed E-state index contributed by atoms with van der Waals surface area (Å²) in [6, 6.07) is 10.5. The Morgan fingerprint density at radius 1 is 1.16 bits per heavy atom. The summed E-state index contributed by atoms with van der Waals surface area (Å²) < 4.78 is 39.4. The smallest absolute Gasteiger partial charge is 0.387 e. The minimum Gasteiger partial charge on any atom is -0.493 e. The first-order chi connectivity index (χ1) is 15.3. The number of aromatic nitrogens is 1. The SMILES string of the molecule is COc1cc(C(=O)Nc2nc(-c3ccc(OC(F)F)cc3)c(C)s2)ccc1OCC(N)=O. The number of hydrogen-bond acceptors (Lipinski definition) is 7. The molecule has 0 radical (unpaired) electrons. The van der Waals surface area contributed by atoms with Gasteiger partial charge < -0.3 is 19.9 Å². The third-order valence-electron chi connectivity index (χ3n) is 4.17. The van der Waals surface area contributed by atoms with Crippen molar-refractivity contribution in [2.75, 3.05) is 19.0 Å². The zero-order valence-corrected chi connectivity index (χ0v) is 17.9. The average molecular weight is 463 g/mol. The van der Waals surface area contributed by atoms with Crippen molar-refractivity contribution in [1.29, 1.82) is 0 Å². The third kappa shape index (κ3) is 5.70. The molecule has 0 saturated heterocycles. The number of ether oxygens (including phenoxy) is 3. The van der Waals surface area contributed by atoms with E-state index in [1.807, 2.05) is 6.92 Å². The molecular weight excluding hydrogens is 444 g/mol. The second-order valence-corrected chi connectivity index (χ2v) is 7.60. The van der Waals surface area contributed by atoms with Crippen LogP contribution >= 0.6 is 11.3 Å². The van der Waals surface area contributed by atoms with Crippen molar-refractivity contribution in [3.8, 4) is 28.5 Å². The van der Waals surface area contributed by atoms with E-state index in [9.17, 15) is 18.4 Å². The normalized spacial score (nSPS) is 10.7. The summed E-state index contributed by atoms with van der Waals surface area (Å²) in [5.41, 5.74) is 6.66. The minimum atomic E-state index is -2.90. The molecule has 11 heteroatoms. The number of alkyl halides is 2. The van der Waals surface area contributed by atoms with Crippen LogP contribution in [0.2, 0.25) is 0 Å². The van der Waals surface area contributed by atoms with E-state index in [1.165, 1.54) is 48.8 Å². The molecule has 0 bridgehead atoms. The van der Waals surface area contributed by atoms with Gasteiger partial charge in [0, 0.05) is 16.0 Å². The van der Waals surface area contributed by atoms with Gasteiger partial charge in [0.2, 0.25) is 0 Å². The van der Waals surface area contributed by atoms with E-state index in [4.69, 9.17) is 15.2 Å². The maximum absolute atomic E-state index is 12.7. The molecule has 0 saturated carbocycles. The second kappa shape index (κ2) is 10.1.